The molecule has 0 bridgehead atoms. The van der Waals surface area contributed by atoms with Gasteiger partial charge >= 0.3 is 0 Å². The highest BCUT2D eigenvalue weighted by molar-refractivity contribution is 7.98. The summed E-state index contributed by atoms with van der Waals surface area (Å²) in [6.45, 7) is 0.922. The van der Waals surface area contributed by atoms with Crippen LogP contribution in [0.1, 0.15) is 16.7 Å². The van der Waals surface area contributed by atoms with Crippen molar-refractivity contribution in [3.8, 4) is 5.75 Å². The molecule has 21 heavy (non-hydrogen) atoms. The van der Waals surface area contributed by atoms with Gasteiger partial charge in [-0.1, -0.05) is 36.4 Å². The number of hydrogen-bond donors (Lipinski definition) is 2. The lowest BCUT2D eigenvalue weighted by Gasteiger charge is -2.30. The van der Waals surface area contributed by atoms with Gasteiger partial charge in [-0.3, -0.25) is 0 Å². The molecule has 2 aromatic rings. The topological polar surface area (TPSA) is 41.5 Å². The lowest BCUT2D eigenvalue weighted by atomic mass is 9.84. The zero-order valence-corrected chi connectivity index (χ0v) is 13.0. The van der Waals surface area contributed by atoms with Gasteiger partial charge in [0.15, 0.2) is 0 Å². The van der Waals surface area contributed by atoms with E-state index in [9.17, 15) is 5.11 Å². The number of rotatable bonds is 3. The Morgan fingerprint density at radius 2 is 1.95 bits per heavy atom. The largest absolute Gasteiger partial charge is 0.487 e. The maximum Gasteiger partial charge on any atom is 0.139 e. The number of thioether (sulfide) groups is 1. The molecule has 3 rings (SSSR count). The van der Waals surface area contributed by atoms with Gasteiger partial charge in [0.25, 0.3) is 0 Å². The third-order valence-corrected chi connectivity index (χ3v) is 4.67. The summed E-state index contributed by atoms with van der Waals surface area (Å²) in [4.78, 5) is 1.05. The Bertz CT molecular complexity index is 659. The monoisotopic (exact) mass is 301 g/mol. The van der Waals surface area contributed by atoms with Crippen molar-refractivity contribution in [2.75, 3.05) is 19.8 Å². The van der Waals surface area contributed by atoms with E-state index in [0.29, 0.717) is 13.2 Å². The number of nitrogens with one attached hydrogen (secondary N) is 1. The first-order chi connectivity index (χ1) is 10.2. The summed E-state index contributed by atoms with van der Waals surface area (Å²) in [5.41, 5.74) is 1.69. The molecule has 0 saturated heterocycles. The number of fused-ring (bicyclic) bond motifs is 2. The Hall–Kier alpha value is -1.49. The molecule has 1 heterocycles. The summed E-state index contributed by atoms with van der Waals surface area (Å²) in [6.07, 6.45) is 2.02. The van der Waals surface area contributed by atoms with E-state index in [1.54, 1.807) is 11.8 Å². The summed E-state index contributed by atoms with van der Waals surface area (Å²) in [5, 5.41) is 14.5. The van der Waals surface area contributed by atoms with Crippen molar-refractivity contribution >= 4 is 11.8 Å². The molecule has 1 atom stereocenters. The van der Waals surface area contributed by atoms with Crippen molar-refractivity contribution in [3.05, 3.63) is 59.2 Å². The van der Waals surface area contributed by atoms with Crippen LogP contribution in [0.25, 0.3) is 0 Å². The average Bonchev–Trinajstić information content (AvgIpc) is 2.64. The van der Waals surface area contributed by atoms with Gasteiger partial charge in [0.2, 0.25) is 0 Å². The van der Waals surface area contributed by atoms with E-state index in [0.717, 1.165) is 27.3 Å². The molecular formula is C17H19NO2S. The Balaban J connectivity index is 2.27. The van der Waals surface area contributed by atoms with E-state index in [-0.39, 0.29) is 0 Å². The molecule has 1 unspecified atom stereocenters. The predicted molar refractivity (Wildman–Crippen MR) is 85.9 cm³/mol. The van der Waals surface area contributed by atoms with E-state index in [4.69, 9.17) is 4.74 Å². The zero-order valence-electron chi connectivity index (χ0n) is 12.2. The molecule has 0 saturated carbocycles. The minimum absolute atomic E-state index is 0.443. The van der Waals surface area contributed by atoms with Crippen molar-refractivity contribution in [3.63, 3.8) is 0 Å². The van der Waals surface area contributed by atoms with Crippen LogP contribution >= 0.6 is 11.8 Å². The molecule has 1 aliphatic rings. The molecule has 0 aliphatic carbocycles. The van der Waals surface area contributed by atoms with Crippen molar-refractivity contribution in [2.24, 2.45) is 0 Å². The van der Waals surface area contributed by atoms with E-state index >= 15 is 0 Å². The Kier molecular flexibility index (Phi) is 3.93. The third kappa shape index (κ3) is 2.33. The van der Waals surface area contributed by atoms with Gasteiger partial charge < -0.3 is 15.2 Å². The van der Waals surface area contributed by atoms with Crippen LogP contribution in [0.3, 0.4) is 0 Å². The van der Waals surface area contributed by atoms with E-state index in [1.165, 1.54) is 0 Å². The average molecular weight is 301 g/mol. The van der Waals surface area contributed by atoms with E-state index in [2.05, 4.69) is 5.32 Å². The Morgan fingerprint density at radius 1 is 1.19 bits per heavy atom. The Labute approximate surface area is 129 Å². The molecule has 0 radical (unpaired) electrons. The maximum atomic E-state index is 11.4. The summed E-state index contributed by atoms with van der Waals surface area (Å²) >= 11 is 1.63. The molecule has 4 heteroatoms. The van der Waals surface area contributed by atoms with E-state index < -0.39 is 5.60 Å². The minimum atomic E-state index is -1.08. The summed E-state index contributed by atoms with van der Waals surface area (Å²) < 4.78 is 6.03. The maximum absolute atomic E-state index is 11.4. The number of hydrogen-bond acceptors (Lipinski definition) is 4. The predicted octanol–water partition coefficient (Wildman–Crippen LogP) is 2.76. The SMILES string of the molecule is CNCC1(O)c2ccccc2COc2c(SC)cccc21. The highest BCUT2D eigenvalue weighted by Gasteiger charge is 2.38. The molecule has 110 valence electrons. The zero-order chi connectivity index (χ0) is 14.9. The normalized spacial score (nSPS) is 20.1. The second-order valence-corrected chi connectivity index (χ2v) is 6.02. The van der Waals surface area contributed by atoms with Gasteiger partial charge in [0, 0.05) is 17.0 Å². The minimum Gasteiger partial charge on any atom is -0.487 e. The summed E-state index contributed by atoms with van der Waals surface area (Å²) in [6, 6.07) is 13.9. The second-order valence-electron chi connectivity index (χ2n) is 5.17. The van der Waals surface area contributed by atoms with Crippen LogP contribution in [-0.2, 0) is 12.2 Å². The van der Waals surface area contributed by atoms with Crippen LogP contribution in [0.4, 0.5) is 0 Å². The molecule has 2 aromatic carbocycles. The van der Waals surface area contributed by atoms with Crippen LogP contribution in [0.5, 0.6) is 5.75 Å². The van der Waals surface area contributed by atoms with Gasteiger partial charge in [-0.05, 0) is 30.5 Å². The van der Waals surface area contributed by atoms with Crippen molar-refractivity contribution in [2.45, 2.75) is 17.1 Å². The summed E-state index contributed by atoms with van der Waals surface area (Å²) in [5.74, 6) is 0.791. The van der Waals surface area contributed by atoms with Gasteiger partial charge in [-0.15, -0.1) is 11.8 Å². The lowest BCUT2D eigenvalue weighted by Crippen LogP contribution is -2.38. The molecule has 0 amide bonds. The van der Waals surface area contributed by atoms with Crippen LogP contribution in [0.2, 0.25) is 0 Å². The number of aliphatic hydroxyl groups is 1. The fourth-order valence-electron chi connectivity index (χ4n) is 2.94. The van der Waals surface area contributed by atoms with Gasteiger partial charge in [0.05, 0.1) is 0 Å². The van der Waals surface area contributed by atoms with Gasteiger partial charge in [-0.2, -0.15) is 0 Å². The van der Waals surface area contributed by atoms with Crippen molar-refractivity contribution in [1.29, 1.82) is 0 Å². The van der Waals surface area contributed by atoms with Crippen LogP contribution in [0.15, 0.2) is 47.4 Å². The Morgan fingerprint density at radius 3 is 2.71 bits per heavy atom. The summed E-state index contributed by atoms with van der Waals surface area (Å²) in [7, 11) is 1.85. The van der Waals surface area contributed by atoms with Crippen LogP contribution < -0.4 is 10.1 Å². The number of para-hydroxylation sites is 1. The second kappa shape index (κ2) is 5.72. The molecule has 0 spiro atoms. The highest BCUT2D eigenvalue weighted by Crippen LogP contribution is 2.44. The first kappa shape index (κ1) is 14.4. The first-order valence-electron chi connectivity index (χ1n) is 6.96. The standard InChI is InChI=1S/C17H19NO2S/c1-18-11-17(19)13-7-4-3-6-12(13)10-20-16-14(17)8-5-9-15(16)21-2/h3-9,18-19H,10-11H2,1-2H3. The molecule has 1 aliphatic heterocycles. The first-order valence-corrected chi connectivity index (χ1v) is 8.19. The number of benzene rings is 2. The van der Waals surface area contributed by atoms with Crippen molar-refractivity contribution < 1.29 is 9.84 Å². The third-order valence-electron chi connectivity index (χ3n) is 3.91. The molecular weight excluding hydrogens is 282 g/mol. The highest BCUT2D eigenvalue weighted by atomic mass is 32.2. The number of ether oxygens (including phenoxy) is 1. The van der Waals surface area contributed by atoms with Gasteiger partial charge in [0.1, 0.15) is 18.0 Å². The fraction of sp³-hybridized carbons (Fsp3) is 0.294. The lowest BCUT2D eigenvalue weighted by molar-refractivity contribution is 0.0812. The number of likely N-dealkylation sites (N-methyl/N-ethyl adjacent to an activating group) is 1. The van der Waals surface area contributed by atoms with Gasteiger partial charge in [-0.25, -0.2) is 0 Å². The smallest absolute Gasteiger partial charge is 0.139 e. The van der Waals surface area contributed by atoms with Crippen LogP contribution in [-0.4, -0.2) is 25.0 Å². The van der Waals surface area contributed by atoms with Crippen molar-refractivity contribution in [1.82, 2.24) is 5.32 Å². The molecule has 2 N–H and O–H groups in total. The molecule has 0 aromatic heterocycles. The fourth-order valence-corrected chi connectivity index (χ4v) is 3.51. The molecule has 3 nitrogen and oxygen atoms in total. The van der Waals surface area contributed by atoms with Crippen LogP contribution in [0, 0.1) is 0 Å². The quantitative estimate of drug-likeness (QED) is 0.856. The molecule has 0 fully saturated rings. The van der Waals surface area contributed by atoms with E-state index in [1.807, 2.05) is 55.8 Å².